The van der Waals surface area contributed by atoms with Crippen molar-refractivity contribution in [2.45, 2.75) is 29.7 Å². The second-order valence-electron chi connectivity index (χ2n) is 6.20. The molecule has 0 spiro atoms. The van der Waals surface area contributed by atoms with Gasteiger partial charge in [0.2, 0.25) is 11.7 Å². The lowest BCUT2D eigenvalue weighted by atomic mass is 10.3. The molecule has 9 heteroatoms. The fraction of sp³-hybridized carbons (Fsp3) is 0.200. The molecule has 0 fully saturated rings. The van der Waals surface area contributed by atoms with E-state index in [1.54, 1.807) is 30.4 Å². The predicted octanol–water partition coefficient (Wildman–Crippen LogP) is 4.29. The second kappa shape index (κ2) is 9.24. The van der Waals surface area contributed by atoms with Crippen LogP contribution in [-0.4, -0.2) is 27.5 Å². The van der Waals surface area contributed by atoms with Gasteiger partial charge in [0.25, 0.3) is 0 Å². The van der Waals surface area contributed by atoms with E-state index in [0.29, 0.717) is 18.1 Å². The number of carbonyl (C=O) groups is 1. The summed E-state index contributed by atoms with van der Waals surface area (Å²) >= 11 is 1.61. The van der Waals surface area contributed by atoms with Gasteiger partial charge in [0.1, 0.15) is 11.9 Å². The summed E-state index contributed by atoms with van der Waals surface area (Å²) in [5, 5.41) is 13.6. The standard InChI is InChI=1S/C20H20N4O4S/c1-14-21-19(24(26)27)13-23(14)12-11-20(25)22-15-3-7-17(8-4-15)29-18-9-5-16(28-2)6-10-18/h3-10,13H,11-12H2,1-2H3,(H,22,25). The highest BCUT2D eigenvalue weighted by molar-refractivity contribution is 7.99. The Morgan fingerprint density at radius 2 is 1.79 bits per heavy atom. The number of hydrogen-bond donors (Lipinski definition) is 1. The molecule has 0 aliphatic rings. The van der Waals surface area contributed by atoms with Gasteiger partial charge in [-0.05, 0) is 58.4 Å². The van der Waals surface area contributed by atoms with Crippen molar-refractivity contribution in [1.29, 1.82) is 0 Å². The number of hydrogen-bond acceptors (Lipinski definition) is 6. The summed E-state index contributed by atoms with van der Waals surface area (Å²) in [6.07, 6.45) is 1.53. The number of amides is 1. The van der Waals surface area contributed by atoms with E-state index in [2.05, 4.69) is 10.3 Å². The Kier molecular flexibility index (Phi) is 6.50. The van der Waals surface area contributed by atoms with Crippen molar-refractivity contribution in [3.8, 4) is 5.75 Å². The van der Waals surface area contributed by atoms with Crippen LogP contribution < -0.4 is 10.1 Å². The first kappa shape index (κ1) is 20.4. The molecule has 3 rings (SSSR count). The lowest BCUT2D eigenvalue weighted by Crippen LogP contribution is -2.14. The second-order valence-corrected chi connectivity index (χ2v) is 7.34. The number of methoxy groups -OCH3 is 1. The number of benzene rings is 2. The minimum Gasteiger partial charge on any atom is -0.497 e. The number of aryl methyl sites for hydroxylation is 2. The Morgan fingerprint density at radius 1 is 1.17 bits per heavy atom. The number of rotatable bonds is 8. The Morgan fingerprint density at radius 3 is 2.34 bits per heavy atom. The summed E-state index contributed by atoms with van der Waals surface area (Å²) in [6.45, 7) is 1.99. The smallest absolute Gasteiger partial charge is 0.381 e. The topological polar surface area (TPSA) is 99.3 Å². The molecule has 0 aliphatic carbocycles. The van der Waals surface area contributed by atoms with Crippen LogP contribution in [0, 0.1) is 17.0 Å². The molecule has 8 nitrogen and oxygen atoms in total. The number of nitrogens with zero attached hydrogens (tertiary/aromatic N) is 3. The van der Waals surface area contributed by atoms with E-state index >= 15 is 0 Å². The van der Waals surface area contributed by atoms with E-state index in [0.717, 1.165) is 15.5 Å². The molecule has 0 atom stereocenters. The van der Waals surface area contributed by atoms with Crippen LogP contribution in [0.4, 0.5) is 11.5 Å². The molecule has 0 saturated carbocycles. The molecule has 1 N–H and O–H groups in total. The van der Waals surface area contributed by atoms with E-state index in [1.807, 2.05) is 48.5 Å². The number of ether oxygens (including phenoxy) is 1. The predicted molar refractivity (Wildman–Crippen MR) is 110 cm³/mol. The number of imidazole rings is 1. The summed E-state index contributed by atoms with van der Waals surface area (Å²) in [6, 6.07) is 15.4. The van der Waals surface area contributed by atoms with Crippen LogP contribution in [0.5, 0.6) is 5.75 Å². The zero-order chi connectivity index (χ0) is 20.8. The maximum Gasteiger partial charge on any atom is 0.381 e. The molecular weight excluding hydrogens is 392 g/mol. The molecule has 29 heavy (non-hydrogen) atoms. The maximum atomic E-state index is 12.2. The van der Waals surface area contributed by atoms with Gasteiger partial charge in [0.05, 0.1) is 7.11 Å². The first-order chi connectivity index (χ1) is 13.9. The van der Waals surface area contributed by atoms with Gasteiger partial charge < -0.3 is 24.7 Å². The van der Waals surface area contributed by atoms with Gasteiger partial charge in [-0.2, -0.15) is 0 Å². The summed E-state index contributed by atoms with van der Waals surface area (Å²) in [5.41, 5.74) is 0.697. The first-order valence-corrected chi connectivity index (χ1v) is 9.66. The fourth-order valence-electron chi connectivity index (χ4n) is 2.64. The number of aromatic nitrogens is 2. The Labute approximate surface area is 172 Å². The van der Waals surface area contributed by atoms with Gasteiger partial charge in [-0.3, -0.25) is 4.79 Å². The average Bonchev–Trinajstić information content (AvgIpc) is 3.09. The molecule has 3 aromatic rings. The quantitative estimate of drug-likeness (QED) is 0.438. The van der Waals surface area contributed by atoms with Gasteiger partial charge in [0.15, 0.2) is 0 Å². The molecule has 0 bridgehead atoms. The molecule has 1 aromatic heterocycles. The van der Waals surface area contributed by atoms with Crippen LogP contribution in [0.1, 0.15) is 12.2 Å². The molecule has 0 radical (unpaired) electrons. The van der Waals surface area contributed by atoms with E-state index < -0.39 is 4.92 Å². The third-order valence-electron chi connectivity index (χ3n) is 4.16. The number of carbonyl (C=O) groups excluding carboxylic acids is 1. The fourth-order valence-corrected chi connectivity index (χ4v) is 3.45. The van der Waals surface area contributed by atoms with E-state index in [9.17, 15) is 14.9 Å². The van der Waals surface area contributed by atoms with Crippen molar-refractivity contribution in [2.75, 3.05) is 12.4 Å². The van der Waals surface area contributed by atoms with Gasteiger partial charge in [-0.25, -0.2) is 0 Å². The summed E-state index contributed by atoms with van der Waals surface area (Å²) < 4.78 is 6.76. The lowest BCUT2D eigenvalue weighted by molar-refractivity contribution is -0.389. The van der Waals surface area contributed by atoms with Gasteiger partial charge in [-0.15, -0.1) is 0 Å². The first-order valence-electron chi connectivity index (χ1n) is 8.84. The largest absolute Gasteiger partial charge is 0.497 e. The summed E-state index contributed by atoms with van der Waals surface area (Å²) in [7, 11) is 1.63. The SMILES string of the molecule is COc1ccc(Sc2ccc(NC(=O)CCn3cc([N+](=O)[O-])nc3C)cc2)cc1. The van der Waals surface area contributed by atoms with Crippen LogP contribution in [0.2, 0.25) is 0 Å². The molecule has 2 aromatic carbocycles. The molecule has 150 valence electrons. The van der Waals surface area contributed by atoms with Gasteiger partial charge >= 0.3 is 5.82 Å². The van der Waals surface area contributed by atoms with E-state index in [-0.39, 0.29) is 18.1 Å². The molecular formula is C20H20N4O4S. The van der Waals surface area contributed by atoms with Crippen LogP contribution in [0.25, 0.3) is 0 Å². The monoisotopic (exact) mass is 412 g/mol. The van der Waals surface area contributed by atoms with Crippen molar-refractivity contribution in [3.05, 3.63) is 70.7 Å². The number of nitro groups is 1. The third-order valence-corrected chi connectivity index (χ3v) is 5.18. The Hall–Kier alpha value is -3.33. The van der Waals surface area contributed by atoms with Crippen molar-refractivity contribution in [1.82, 2.24) is 9.55 Å². The Bertz CT molecular complexity index is 1000. The van der Waals surface area contributed by atoms with E-state index in [4.69, 9.17) is 4.74 Å². The minimum atomic E-state index is -0.547. The summed E-state index contributed by atoms with van der Waals surface area (Å²) in [5.74, 6) is 0.932. The number of anilines is 1. The average molecular weight is 412 g/mol. The maximum absolute atomic E-state index is 12.2. The molecule has 1 heterocycles. The van der Waals surface area contributed by atoms with Crippen LogP contribution >= 0.6 is 11.8 Å². The molecule has 1 amide bonds. The normalized spacial score (nSPS) is 10.6. The minimum absolute atomic E-state index is 0.170. The van der Waals surface area contributed by atoms with E-state index in [1.165, 1.54) is 6.20 Å². The van der Waals surface area contributed by atoms with Crippen LogP contribution in [-0.2, 0) is 11.3 Å². The summed E-state index contributed by atoms with van der Waals surface area (Å²) in [4.78, 5) is 28.4. The van der Waals surface area contributed by atoms with Gasteiger partial charge in [-0.1, -0.05) is 11.8 Å². The molecule has 0 unspecified atom stereocenters. The van der Waals surface area contributed by atoms with Gasteiger partial charge in [0, 0.05) is 35.4 Å². The van der Waals surface area contributed by atoms with Crippen molar-refractivity contribution in [3.63, 3.8) is 0 Å². The number of nitrogens with one attached hydrogen (secondary N) is 1. The highest BCUT2D eigenvalue weighted by Gasteiger charge is 2.15. The van der Waals surface area contributed by atoms with Crippen molar-refractivity contribution >= 4 is 29.2 Å². The highest BCUT2D eigenvalue weighted by Crippen LogP contribution is 2.29. The van der Waals surface area contributed by atoms with Crippen molar-refractivity contribution < 1.29 is 14.5 Å². The third kappa shape index (κ3) is 5.58. The zero-order valence-electron chi connectivity index (χ0n) is 16.0. The van der Waals surface area contributed by atoms with Crippen LogP contribution in [0.3, 0.4) is 0 Å². The zero-order valence-corrected chi connectivity index (χ0v) is 16.8. The van der Waals surface area contributed by atoms with Crippen LogP contribution in [0.15, 0.2) is 64.5 Å². The molecule has 0 aliphatic heterocycles. The lowest BCUT2D eigenvalue weighted by Gasteiger charge is -2.07. The highest BCUT2D eigenvalue weighted by atomic mass is 32.2. The Balaban J connectivity index is 1.52. The molecule has 0 saturated heterocycles. The van der Waals surface area contributed by atoms with Crippen molar-refractivity contribution in [2.24, 2.45) is 0 Å².